The zero-order valence-corrected chi connectivity index (χ0v) is 11.4. The van der Waals surface area contributed by atoms with E-state index >= 15 is 0 Å². The van der Waals surface area contributed by atoms with Crippen molar-refractivity contribution in [2.75, 3.05) is 26.2 Å². The number of hydrogen-bond acceptors (Lipinski definition) is 2. The Labute approximate surface area is 108 Å². The van der Waals surface area contributed by atoms with Crippen LogP contribution in [-0.2, 0) is 0 Å². The fourth-order valence-electron chi connectivity index (χ4n) is 2.43. The van der Waals surface area contributed by atoms with Gasteiger partial charge in [-0.1, -0.05) is 13.8 Å². The van der Waals surface area contributed by atoms with Gasteiger partial charge in [-0.2, -0.15) is 13.2 Å². The van der Waals surface area contributed by atoms with E-state index in [1.807, 2.05) is 0 Å². The molecule has 0 aromatic heterocycles. The van der Waals surface area contributed by atoms with Crippen molar-refractivity contribution in [1.82, 2.24) is 10.2 Å². The first-order valence-electron chi connectivity index (χ1n) is 6.89. The molecule has 1 aliphatic heterocycles. The largest absolute Gasteiger partial charge is 0.389 e. The van der Waals surface area contributed by atoms with Crippen molar-refractivity contribution in [1.29, 1.82) is 0 Å². The minimum Gasteiger partial charge on any atom is -0.314 e. The molecular weight excluding hydrogens is 241 g/mol. The van der Waals surface area contributed by atoms with E-state index in [2.05, 4.69) is 24.1 Å². The van der Waals surface area contributed by atoms with Crippen molar-refractivity contribution < 1.29 is 13.2 Å². The van der Waals surface area contributed by atoms with Crippen LogP contribution in [0.1, 0.15) is 39.5 Å². The van der Waals surface area contributed by atoms with Gasteiger partial charge < -0.3 is 10.2 Å². The highest BCUT2D eigenvalue weighted by molar-refractivity contribution is 4.75. The van der Waals surface area contributed by atoms with Gasteiger partial charge in [-0.25, -0.2) is 0 Å². The molecular formula is C13H25F3N2. The highest BCUT2D eigenvalue weighted by Gasteiger charge is 2.27. The molecule has 0 radical (unpaired) electrons. The second-order valence-corrected chi connectivity index (χ2v) is 5.59. The van der Waals surface area contributed by atoms with Crippen molar-refractivity contribution in [2.24, 2.45) is 5.92 Å². The predicted octanol–water partition coefficient (Wildman–Crippen LogP) is 3.04. The molecule has 1 atom stereocenters. The lowest BCUT2D eigenvalue weighted by Crippen LogP contribution is -2.41. The van der Waals surface area contributed by atoms with Crippen molar-refractivity contribution in [3.05, 3.63) is 0 Å². The average Bonchev–Trinajstić information content (AvgIpc) is 2.25. The minimum atomic E-state index is -4.01. The number of likely N-dealkylation sites (tertiary alicyclic amines) is 1. The number of alkyl halides is 3. The predicted molar refractivity (Wildman–Crippen MR) is 67.6 cm³/mol. The van der Waals surface area contributed by atoms with E-state index in [4.69, 9.17) is 0 Å². The van der Waals surface area contributed by atoms with Gasteiger partial charge in [-0.15, -0.1) is 0 Å². The summed E-state index contributed by atoms with van der Waals surface area (Å²) in [5, 5.41) is 3.41. The second-order valence-electron chi connectivity index (χ2n) is 5.59. The van der Waals surface area contributed by atoms with Crippen molar-refractivity contribution >= 4 is 0 Å². The number of nitrogens with zero attached hydrogens (tertiary/aromatic N) is 1. The van der Waals surface area contributed by atoms with Gasteiger partial charge in [-0.3, -0.25) is 0 Å². The smallest absolute Gasteiger partial charge is 0.314 e. The van der Waals surface area contributed by atoms with Crippen LogP contribution in [0.2, 0.25) is 0 Å². The third-order valence-electron chi connectivity index (χ3n) is 3.35. The molecule has 1 fully saturated rings. The molecule has 0 spiro atoms. The summed E-state index contributed by atoms with van der Waals surface area (Å²) in [6.07, 6.45) is -2.13. The Hall–Kier alpha value is -0.290. The zero-order valence-electron chi connectivity index (χ0n) is 11.4. The maximum Gasteiger partial charge on any atom is 0.389 e. The van der Waals surface area contributed by atoms with Crippen LogP contribution < -0.4 is 5.32 Å². The normalized spacial score (nSPS) is 22.7. The van der Waals surface area contributed by atoms with Crippen LogP contribution in [0.3, 0.4) is 0 Å². The van der Waals surface area contributed by atoms with Crippen LogP contribution in [-0.4, -0.2) is 43.3 Å². The van der Waals surface area contributed by atoms with E-state index < -0.39 is 12.6 Å². The topological polar surface area (TPSA) is 15.3 Å². The minimum absolute atomic E-state index is 0.230. The van der Waals surface area contributed by atoms with E-state index in [0.717, 1.165) is 26.1 Å². The van der Waals surface area contributed by atoms with Gasteiger partial charge in [0.15, 0.2) is 0 Å². The van der Waals surface area contributed by atoms with Crippen LogP contribution in [0, 0.1) is 5.92 Å². The molecule has 1 heterocycles. The van der Waals surface area contributed by atoms with E-state index in [1.165, 1.54) is 6.42 Å². The fourth-order valence-corrected chi connectivity index (χ4v) is 2.43. The molecule has 108 valence electrons. The molecule has 0 saturated carbocycles. The lowest BCUT2D eigenvalue weighted by molar-refractivity contribution is -0.136. The Balaban J connectivity index is 2.18. The molecule has 0 aromatic rings. The van der Waals surface area contributed by atoms with Gasteiger partial charge in [-0.05, 0) is 44.8 Å². The van der Waals surface area contributed by atoms with Crippen molar-refractivity contribution in [2.45, 2.75) is 51.7 Å². The van der Waals surface area contributed by atoms with Crippen LogP contribution in [0.25, 0.3) is 0 Å². The molecule has 0 amide bonds. The van der Waals surface area contributed by atoms with Crippen LogP contribution in [0.4, 0.5) is 13.2 Å². The highest BCUT2D eigenvalue weighted by atomic mass is 19.4. The number of piperidine rings is 1. The first-order valence-corrected chi connectivity index (χ1v) is 6.89. The molecule has 5 heteroatoms. The van der Waals surface area contributed by atoms with Gasteiger partial charge >= 0.3 is 6.18 Å². The third-order valence-corrected chi connectivity index (χ3v) is 3.35. The molecule has 0 aromatic carbocycles. The Morgan fingerprint density at radius 2 is 2.06 bits per heavy atom. The van der Waals surface area contributed by atoms with Crippen LogP contribution >= 0.6 is 0 Å². The lowest BCUT2D eigenvalue weighted by Gasteiger charge is -2.33. The molecule has 1 rings (SSSR count). The number of hydrogen-bond donors (Lipinski definition) is 1. The molecule has 1 unspecified atom stereocenters. The van der Waals surface area contributed by atoms with Gasteiger partial charge in [0.1, 0.15) is 0 Å². The van der Waals surface area contributed by atoms with E-state index in [0.29, 0.717) is 18.5 Å². The molecule has 1 N–H and O–H groups in total. The maximum absolute atomic E-state index is 12.1. The number of rotatable bonds is 6. The van der Waals surface area contributed by atoms with Gasteiger partial charge in [0.25, 0.3) is 0 Å². The molecule has 2 nitrogen and oxygen atoms in total. The number of halogens is 3. The van der Waals surface area contributed by atoms with Gasteiger partial charge in [0.05, 0.1) is 0 Å². The first kappa shape index (κ1) is 15.8. The lowest BCUT2D eigenvalue weighted by atomic mass is 9.97. The monoisotopic (exact) mass is 266 g/mol. The maximum atomic E-state index is 12.1. The summed E-state index contributed by atoms with van der Waals surface area (Å²) in [6, 6.07) is 0.477. The van der Waals surface area contributed by atoms with Crippen LogP contribution in [0.15, 0.2) is 0 Å². The molecule has 0 aliphatic carbocycles. The summed E-state index contributed by atoms with van der Waals surface area (Å²) >= 11 is 0. The highest BCUT2D eigenvalue weighted by Crippen LogP contribution is 2.22. The molecule has 18 heavy (non-hydrogen) atoms. The van der Waals surface area contributed by atoms with Gasteiger partial charge in [0.2, 0.25) is 0 Å². The van der Waals surface area contributed by atoms with E-state index in [9.17, 15) is 13.2 Å². The average molecular weight is 266 g/mol. The zero-order chi connectivity index (χ0) is 13.6. The Morgan fingerprint density at radius 1 is 1.33 bits per heavy atom. The summed E-state index contributed by atoms with van der Waals surface area (Å²) in [5.74, 6) is 0.590. The Kier molecular flexibility index (Phi) is 6.43. The number of nitrogens with one attached hydrogen (secondary N) is 1. The standard InChI is InChI=1S/C13H25F3N2/c1-11(2)17-9-12-5-3-7-18(10-12)8-4-6-13(14,15)16/h11-12,17H,3-10H2,1-2H3. The van der Waals surface area contributed by atoms with Crippen LogP contribution in [0.5, 0.6) is 0 Å². The van der Waals surface area contributed by atoms with Crippen molar-refractivity contribution in [3.63, 3.8) is 0 Å². The summed E-state index contributed by atoms with van der Waals surface area (Å²) in [5.41, 5.74) is 0. The summed E-state index contributed by atoms with van der Waals surface area (Å²) in [4.78, 5) is 2.18. The summed E-state index contributed by atoms with van der Waals surface area (Å²) in [6.45, 7) is 7.69. The van der Waals surface area contributed by atoms with E-state index in [-0.39, 0.29) is 6.42 Å². The van der Waals surface area contributed by atoms with E-state index in [1.54, 1.807) is 0 Å². The van der Waals surface area contributed by atoms with Gasteiger partial charge in [0, 0.05) is 19.0 Å². The Bertz CT molecular complexity index is 229. The Morgan fingerprint density at radius 3 is 2.67 bits per heavy atom. The molecule has 1 aliphatic rings. The summed E-state index contributed by atoms with van der Waals surface area (Å²) in [7, 11) is 0. The summed E-state index contributed by atoms with van der Waals surface area (Å²) < 4.78 is 36.2. The quantitative estimate of drug-likeness (QED) is 0.795. The second kappa shape index (κ2) is 7.34. The molecule has 0 bridgehead atoms. The third kappa shape index (κ3) is 7.21. The first-order chi connectivity index (χ1) is 8.37. The molecule has 1 saturated heterocycles. The fraction of sp³-hybridized carbons (Fsp3) is 1.00. The van der Waals surface area contributed by atoms with Crippen molar-refractivity contribution in [3.8, 4) is 0 Å². The SMILES string of the molecule is CC(C)NCC1CCCN(CCCC(F)(F)F)C1.